The van der Waals surface area contributed by atoms with E-state index in [2.05, 4.69) is 4.98 Å². The molecule has 0 aliphatic carbocycles. The molecule has 6 nitrogen and oxygen atoms in total. The molecule has 27 heavy (non-hydrogen) atoms. The minimum absolute atomic E-state index is 0.0280. The van der Waals surface area contributed by atoms with Crippen molar-refractivity contribution in [2.45, 2.75) is 17.9 Å². The maximum atomic E-state index is 13.0. The molecule has 0 saturated carbocycles. The van der Waals surface area contributed by atoms with Gasteiger partial charge in [0.2, 0.25) is 10.0 Å². The summed E-state index contributed by atoms with van der Waals surface area (Å²) in [4.78, 5) is 16.6. The van der Waals surface area contributed by atoms with E-state index in [4.69, 9.17) is 11.6 Å². The topological polar surface area (TPSA) is 87.6 Å². The number of carboxylic acids is 1. The van der Waals surface area contributed by atoms with E-state index in [9.17, 15) is 18.3 Å². The molecule has 0 unspecified atom stereocenters. The van der Waals surface area contributed by atoms with Crippen molar-refractivity contribution in [3.8, 4) is 0 Å². The van der Waals surface area contributed by atoms with Crippen molar-refractivity contribution < 1.29 is 18.3 Å². The molecule has 0 radical (unpaired) electrons. The van der Waals surface area contributed by atoms with Crippen molar-refractivity contribution in [3.63, 3.8) is 0 Å². The highest BCUT2D eigenvalue weighted by molar-refractivity contribution is 7.89. The number of nitrogens with zero attached hydrogens (tertiary/aromatic N) is 2. The Labute approximate surface area is 161 Å². The molecule has 138 valence electrons. The number of rotatable bonds is 3. The van der Waals surface area contributed by atoms with Gasteiger partial charge in [-0.3, -0.25) is 4.98 Å². The summed E-state index contributed by atoms with van der Waals surface area (Å²) in [6, 6.07) is 12.9. The van der Waals surface area contributed by atoms with Crippen molar-refractivity contribution in [2.75, 3.05) is 6.54 Å². The second-order valence-corrected chi connectivity index (χ2v) is 8.65. The van der Waals surface area contributed by atoms with E-state index in [1.54, 1.807) is 24.3 Å². The summed E-state index contributed by atoms with van der Waals surface area (Å²) in [5, 5.41) is 10.7. The van der Waals surface area contributed by atoms with Crippen LogP contribution in [-0.4, -0.2) is 35.3 Å². The number of carboxylic acid groups (broad SMARTS) is 1. The van der Waals surface area contributed by atoms with Gasteiger partial charge in [0.1, 0.15) is 0 Å². The molecule has 0 spiro atoms. The highest BCUT2D eigenvalue weighted by Gasteiger charge is 2.32. The number of aromatic carboxylic acids is 1. The summed E-state index contributed by atoms with van der Waals surface area (Å²) in [6.07, 6.45) is 0.354. The average Bonchev–Trinajstić information content (AvgIpc) is 2.65. The molecule has 4 rings (SSSR count). The predicted molar refractivity (Wildman–Crippen MR) is 101 cm³/mol. The molecule has 8 heteroatoms. The maximum absolute atomic E-state index is 13.0. The van der Waals surface area contributed by atoms with E-state index in [1.807, 2.05) is 0 Å². The van der Waals surface area contributed by atoms with Gasteiger partial charge in [-0.25, -0.2) is 13.2 Å². The molecular formula is C19H15ClN2O4S. The summed E-state index contributed by atoms with van der Waals surface area (Å²) >= 11 is 5.84. The third-order valence-corrected chi connectivity index (χ3v) is 6.79. The Bertz CT molecular complexity index is 1160. The van der Waals surface area contributed by atoms with Gasteiger partial charge in [-0.15, -0.1) is 0 Å². The van der Waals surface area contributed by atoms with Crippen LogP contribution in [0.4, 0.5) is 0 Å². The van der Waals surface area contributed by atoms with Crippen LogP contribution in [0.2, 0.25) is 5.02 Å². The number of aromatic nitrogens is 1. The molecule has 1 aliphatic heterocycles. The molecule has 0 amide bonds. The third-order valence-electron chi connectivity index (χ3n) is 4.68. The normalized spacial score (nSPS) is 14.9. The average molecular weight is 403 g/mol. The highest BCUT2D eigenvalue weighted by atomic mass is 35.5. The summed E-state index contributed by atoms with van der Waals surface area (Å²) in [5.74, 6) is -1.09. The van der Waals surface area contributed by atoms with Gasteiger partial charge >= 0.3 is 5.97 Å². The van der Waals surface area contributed by atoms with Crippen LogP contribution in [-0.2, 0) is 23.0 Å². The highest BCUT2D eigenvalue weighted by Crippen LogP contribution is 2.31. The quantitative estimate of drug-likeness (QED) is 0.726. The first-order chi connectivity index (χ1) is 12.9. The van der Waals surface area contributed by atoms with Crippen LogP contribution in [0, 0.1) is 0 Å². The Morgan fingerprint density at radius 1 is 1.11 bits per heavy atom. The Morgan fingerprint density at radius 2 is 1.81 bits per heavy atom. The lowest BCUT2D eigenvalue weighted by atomic mass is 9.97. The molecular weight excluding hydrogens is 388 g/mol. The van der Waals surface area contributed by atoms with E-state index in [0.29, 0.717) is 33.6 Å². The second kappa shape index (κ2) is 6.60. The first-order valence-electron chi connectivity index (χ1n) is 8.27. The predicted octanol–water partition coefficient (Wildman–Crippen LogP) is 3.33. The van der Waals surface area contributed by atoms with E-state index in [-0.39, 0.29) is 23.5 Å². The van der Waals surface area contributed by atoms with Gasteiger partial charge in [-0.05, 0) is 30.3 Å². The molecule has 1 aromatic heterocycles. The Kier molecular flexibility index (Phi) is 4.38. The lowest BCUT2D eigenvalue weighted by Crippen LogP contribution is -2.37. The standard InChI is InChI=1S/C19H15ClN2O4S/c20-12-5-7-13(8-6-12)27(25,26)22-10-9-17-15(11-22)18(19(23)24)14-3-1-2-4-16(14)21-17/h1-8H,9-11H2,(H,23,24). The lowest BCUT2D eigenvalue weighted by molar-refractivity contribution is 0.0696. The van der Waals surface area contributed by atoms with Crippen LogP contribution in [0.1, 0.15) is 21.6 Å². The van der Waals surface area contributed by atoms with Crippen LogP contribution < -0.4 is 0 Å². The van der Waals surface area contributed by atoms with E-state index < -0.39 is 16.0 Å². The molecule has 2 heterocycles. The molecule has 0 saturated heterocycles. The number of para-hydroxylation sites is 1. The minimum atomic E-state index is -3.76. The van der Waals surface area contributed by atoms with Crippen LogP contribution in [0.15, 0.2) is 53.4 Å². The summed E-state index contributed by atoms with van der Waals surface area (Å²) in [5.41, 5.74) is 1.80. The van der Waals surface area contributed by atoms with E-state index in [1.165, 1.54) is 28.6 Å². The number of halogens is 1. The van der Waals surface area contributed by atoms with Gasteiger partial charge < -0.3 is 5.11 Å². The van der Waals surface area contributed by atoms with Crippen LogP contribution in [0.5, 0.6) is 0 Å². The van der Waals surface area contributed by atoms with Crippen LogP contribution >= 0.6 is 11.6 Å². The Hall–Kier alpha value is -2.48. The number of carbonyl (C=O) groups is 1. The smallest absolute Gasteiger partial charge is 0.336 e. The molecule has 0 fully saturated rings. The van der Waals surface area contributed by atoms with Gasteiger partial charge in [-0.2, -0.15) is 4.31 Å². The Morgan fingerprint density at radius 3 is 2.52 bits per heavy atom. The maximum Gasteiger partial charge on any atom is 0.336 e. The SMILES string of the molecule is O=C(O)c1c2c(nc3ccccc13)CCN(S(=O)(=O)c1ccc(Cl)cc1)C2. The van der Waals surface area contributed by atoms with E-state index >= 15 is 0 Å². The molecule has 1 aliphatic rings. The van der Waals surface area contributed by atoms with Gasteiger partial charge in [0.15, 0.2) is 0 Å². The van der Waals surface area contributed by atoms with Gasteiger partial charge in [0, 0.05) is 41.2 Å². The number of hydrogen-bond donors (Lipinski definition) is 1. The summed E-state index contributed by atoms with van der Waals surface area (Å²) in [6.45, 7) is 0.210. The largest absolute Gasteiger partial charge is 0.478 e. The van der Waals surface area contributed by atoms with E-state index in [0.717, 1.165) is 0 Å². The van der Waals surface area contributed by atoms with Crippen molar-refractivity contribution >= 4 is 38.5 Å². The van der Waals surface area contributed by atoms with Gasteiger partial charge in [0.25, 0.3) is 0 Å². The molecule has 2 aromatic carbocycles. The molecule has 1 N–H and O–H groups in total. The first kappa shape index (κ1) is 17.9. The summed E-state index contributed by atoms with van der Waals surface area (Å²) < 4.78 is 27.2. The fourth-order valence-corrected chi connectivity index (χ4v) is 4.91. The molecule has 0 atom stereocenters. The summed E-state index contributed by atoms with van der Waals surface area (Å²) in [7, 11) is -3.76. The van der Waals surface area contributed by atoms with Gasteiger partial charge in [-0.1, -0.05) is 29.8 Å². The number of benzene rings is 2. The van der Waals surface area contributed by atoms with Crippen molar-refractivity contribution in [1.29, 1.82) is 0 Å². The van der Waals surface area contributed by atoms with Crippen molar-refractivity contribution in [2.24, 2.45) is 0 Å². The number of fused-ring (bicyclic) bond motifs is 2. The van der Waals surface area contributed by atoms with Crippen LogP contribution in [0.25, 0.3) is 10.9 Å². The number of pyridine rings is 1. The fourth-order valence-electron chi connectivity index (χ4n) is 3.37. The fraction of sp³-hybridized carbons (Fsp3) is 0.158. The Balaban J connectivity index is 1.82. The second-order valence-electron chi connectivity index (χ2n) is 6.28. The first-order valence-corrected chi connectivity index (χ1v) is 10.1. The lowest BCUT2D eigenvalue weighted by Gasteiger charge is -2.29. The molecule has 0 bridgehead atoms. The van der Waals surface area contributed by atoms with Gasteiger partial charge in [0.05, 0.1) is 16.0 Å². The number of hydrogen-bond acceptors (Lipinski definition) is 4. The monoisotopic (exact) mass is 402 g/mol. The number of sulfonamides is 1. The zero-order chi connectivity index (χ0) is 19.2. The zero-order valence-electron chi connectivity index (χ0n) is 14.1. The molecule has 3 aromatic rings. The van der Waals surface area contributed by atoms with Crippen LogP contribution in [0.3, 0.4) is 0 Å². The third kappa shape index (κ3) is 3.07. The minimum Gasteiger partial charge on any atom is -0.478 e. The zero-order valence-corrected chi connectivity index (χ0v) is 15.7. The van der Waals surface area contributed by atoms with Crippen molar-refractivity contribution in [3.05, 3.63) is 70.4 Å². The van der Waals surface area contributed by atoms with Crippen molar-refractivity contribution in [1.82, 2.24) is 9.29 Å².